The van der Waals surface area contributed by atoms with Crippen LogP contribution in [0.2, 0.25) is 5.15 Å². The van der Waals surface area contributed by atoms with Crippen LogP contribution < -0.4 is 5.32 Å². The molecule has 0 unspecified atom stereocenters. The molecular weight excluding hydrogens is 232 g/mol. The van der Waals surface area contributed by atoms with Crippen LogP contribution in [0.5, 0.6) is 0 Å². The van der Waals surface area contributed by atoms with Gasteiger partial charge in [-0.1, -0.05) is 11.6 Å². The van der Waals surface area contributed by atoms with E-state index in [0.717, 1.165) is 0 Å². The van der Waals surface area contributed by atoms with Crippen molar-refractivity contribution in [2.45, 2.75) is 19.4 Å². The number of hydrogen-bond donors (Lipinski definition) is 3. The van der Waals surface area contributed by atoms with Crippen molar-refractivity contribution >= 4 is 23.3 Å². The molecule has 0 spiro atoms. The van der Waals surface area contributed by atoms with Gasteiger partial charge in [-0.25, -0.2) is 9.78 Å². The quantitative estimate of drug-likeness (QED) is 0.701. The summed E-state index contributed by atoms with van der Waals surface area (Å²) in [5.74, 6) is -1.10. The molecular formula is C10H13ClN2O3. The van der Waals surface area contributed by atoms with Crippen LogP contribution in [-0.4, -0.2) is 33.3 Å². The van der Waals surface area contributed by atoms with Gasteiger partial charge in [-0.15, -0.1) is 0 Å². The van der Waals surface area contributed by atoms with Crippen LogP contribution >= 0.6 is 11.6 Å². The van der Waals surface area contributed by atoms with E-state index in [0.29, 0.717) is 5.69 Å². The number of anilines is 1. The normalized spacial score (nSPS) is 11.2. The highest BCUT2D eigenvalue weighted by Crippen LogP contribution is 2.22. The van der Waals surface area contributed by atoms with E-state index in [9.17, 15) is 4.79 Å². The largest absolute Gasteiger partial charge is 0.478 e. The number of rotatable bonds is 4. The summed E-state index contributed by atoms with van der Waals surface area (Å²) in [6.07, 6.45) is 1.18. The minimum absolute atomic E-state index is 0.0194. The highest BCUT2D eigenvalue weighted by molar-refractivity contribution is 6.29. The highest BCUT2D eigenvalue weighted by atomic mass is 35.5. The summed E-state index contributed by atoms with van der Waals surface area (Å²) >= 11 is 5.69. The smallest absolute Gasteiger partial charge is 0.339 e. The molecule has 1 rings (SSSR count). The Bertz CT molecular complexity index is 407. The zero-order valence-electron chi connectivity index (χ0n) is 8.99. The molecule has 0 bridgehead atoms. The zero-order valence-corrected chi connectivity index (χ0v) is 9.75. The maximum Gasteiger partial charge on any atom is 0.339 e. The van der Waals surface area contributed by atoms with Gasteiger partial charge in [0.2, 0.25) is 0 Å². The molecule has 0 atom stereocenters. The number of carboxylic acids is 1. The van der Waals surface area contributed by atoms with Gasteiger partial charge >= 0.3 is 5.97 Å². The van der Waals surface area contributed by atoms with Gasteiger partial charge in [-0.3, -0.25) is 0 Å². The number of aromatic nitrogens is 1. The summed E-state index contributed by atoms with van der Waals surface area (Å²) in [5, 5.41) is 21.1. The molecule has 0 saturated carbocycles. The Hall–Kier alpha value is -1.33. The number of carboxylic acid groups (broad SMARTS) is 1. The Morgan fingerprint density at radius 1 is 1.62 bits per heavy atom. The van der Waals surface area contributed by atoms with Crippen LogP contribution in [0, 0.1) is 0 Å². The lowest BCUT2D eigenvalue weighted by Gasteiger charge is -2.25. The average Bonchev–Trinajstić information content (AvgIpc) is 2.16. The number of pyridine rings is 1. The molecule has 0 radical (unpaired) electrons. The average molecular weight is 245 g/mol. The van der Waals surface area contributed by atoms with Gasteiger partial charge in [-0.05, 0) is 19.9 Å². The number of aliphatic hydroxyl groups excluding tert-OH is 1. The number of nitrogens with zero attached hydrogens (tertiary/aromatic N) is 1. The van der Waals surface area contributed by atoms with Crippen LogP contribution in [0.25, 0.3) is 0 Å². The monoisotopic (exact) mass is 244 g/mol. The maximum atomic E-state index is 10.9. The van der Waals surface area contributed by atoms with Crippen molar-refractivity contribution in [2.75, 3.05) is 11.9 Å². The maximum absolute atomic E-state index is 10.9. The SMILES string of the molecule is CC(C)(CO)Nc1cc(Cl)ncc1C(=O)O. The van der Waals surface area contributed by atoms with E-state index in [1.54, 1.807) is 13.8 Å². The van der Waals surface area contributed by atoms with Crippen molar-refractivity contribution in [2.24, 2.45) is 0 Å². The van der Waals surface area contributed by atoms with E-state index in [-0.39, 0.29) is 17.3 Å². The Kier molecular flexibility index (Phi) is 3.72. The lowest BCUT2D eigenvalue weighted by Crippen LogP contribution is -2.35. The van der Waals surface area contributed by atoms with Gasteiger partial charge in [-0.2, -0.15) is 0 Å². The number of carbonyl (C=O) groups is 1. The molecule has 0 aliphatic heterocycles. The summed E-state index contributed by atoms with van der Waals surface area (Å²) in [4.78, 5) is 14.6. The predicted molar refractivity (Wildman–Crippen MR) is 61.0 cm³/mol. The first-order valence-electron chi connectivity index (χ1n) is 4.63. The fraction of sp³-hybridized carbons (Fsp3) is 0.400. The molecule has 3 N–H and O–H groups in total. The molecule has 0 amide bonds. The third kappa shape index (κ3) is 3.08. The fourth-order valence-electron chi connectivity index (χ4n) is 1.11. The zero-order chi connectivity index (χ0) is 12.3. The van der Waals surface area contributed by atoms with Crippen LogP contribution in [0.4, 0.5) is 5.69 Å². The van der Waals surface area contributed by atoms with Gasteiger partial charge in [0, 0.05) is 6.20 Å². The molecule has 1 heterocycles. The molecule has 0 aliphatic carbocycles. The summed E-state index contributed by atoms with van der Waals surface area (Å²) in [6, 6.07) is 1.42. The molecule has 5 nitrogen and oxygen atoms in total. The number of nitrogens with one attached hydrogen (secondary N) is 1. The van der Waals surface area contributed by atoms with E-state index in [1.807, 2.05) is 0 Å². The van der Waals surface area contributed by atoms with Crippen molar-refractivity contribution < 1.29 is 15.0 Å². The van der Waals surface area contributed by atoms with Crippen LogP contribution in [0.3, 0.4) is 0 Å². The molecule has 1 aromatic rings. The van der Waals surface area contributed by atoms with Gasteiger partial charge in [0.05, 0.1) is 17.8 Å². The van der Waals surface area contributed by atoms with E-state index in [4.69, 9.17) is 21.8 Å². The number of aromatic carboxylic acids is 1. The second kappa shape index (κ2) is 4.67. The summed E-state index contributed by atoms with van der Waals surface area (Å²) in [5.41, 5.74) is -0.271. The molecule has 6 heteroatoms. The lowest BCUT2D eigenvalue weighted by atomic mass is 10.1. The lowest BCUT2D eigenvalue weighted by molar-refractivity contribution is 0.0697. The Morgan fingerprint density at radius 3 is 2.75 bits per heavy atom. The fourth-order valence-corrected chi connectivity index (χ4v) is 1.27. The Balaban J connectivity index is 3.10. The highest BCUT2D eigenvalue weighted by Gasteiger charge is 2.20. The number of hydrogen-bond acceptors (Lipinski definition) is 4. The van der Waals surface area contributed by atoms with Crippen molar-refractivity contribution in [3.8, 4) is 0 Å². The molecule has 0 fully saturated rings. The van der Waals surface area contributed by atoms with E-state index in [2.05, 4.69) is 10.3 Å². The third-order valence-electron chi connectivity index (χ3n) is 1.97. The third-order valence-corrected chi connectivity index (χ3v) is 2.18. The van der Waals surface area contributed by atoms with Gasteiger partial charge < -0.3 is 15.5 Å². The number of halogens is 1. The van der Waals surface area contributed by atoms with Crippen LogP contribution in [0.1, 0.15) is 24.2 Å². The van der Waals surface area contributed by atoms with Crippen molar-refractivity contribution in [1.29, 1.82) is 0 Å². The Morgan fingerprint density at radius 2 is 2.25 bits per heavy atom. The Labute approximate surface area is 98.1 Å². The van der Waals surface area contributed by atoms with Crippen LogP contribution in [-0.2, 0) is 0 Å². The first kappa shape index (κ1) is 12.7. The van der Waals surface area contributed by atoms with Gasteiger partial charge in [0.25, 0.3) is 0 Å². The second-order valence-corrected chi connectivity index (χ2v) is 4.41. The molecule has 0 aromatic carbocycles. The summed E-state index contributed by atoms with van der Waals surface area (Å²) in [6.45, 7) is 3.35. The van der Waals surface area contributed by atoms with Gasteiger partial charge in [0.1, 0.15) is 10.7 Å². The standard InChI is InChI=1S/C10H13ClN2O3/c1-10(2,5-14)13-7-3-8(11)12-4-6(7)9(15)16/h3-4,14H,5H2,1-2H3,(H,12,13)(H,15,16). The first-order valence-corrected chi connectivity index (χ1v) is 5.01. The summed E-state index contributed by atoms with van der Waals surface area (Å²) < 4.78 is 0. The van der Waals surface area contributed by atoms with Crippen molar-refractivity contribution in [3.63, 3.8) is 0 Å². The molecule has 0 saturated heterocycles. The first-order chi connectivity index (χ1) is 7.35. The molecule has 16 heavy (non-hydrogen) atoms. The molecule has 0 aliphatic rings. The van der Waals surface area contributed by atoms with E-state index in [1.165, 1.54) is 12.3 Å². The molecule has 1 aromatic heterocycles. The van der Waals surface area contributed by atoms with Gasteiger partial charge in [0.15, 0.2) is 0 Å². The van der Waals surface area contributed by atoms with Crippen molar-refractivity contribution in [1.82, 2.24) is 4.98 Å². The molecule has 88 valence electrons. The van der Waals surface area contributed by atoms with Crippen molar-refractivity contribution in [3.05, 3.63) is 23.0 Å². The minimum Gasteiger partial charge on any atom is -0.478 e. The number of aliphatic hydroxyl groups is 1. The second-order valence-electron chi connectivity index (χ2n) is 4.02. The van der Waals surface area contributed by atoms with E-state index < -0.39 is 11.5 Å². The predicted octanol–water partition coefficient (Wildman–Crippen LogP) is 1.62. The topological polar surface area (TPSA) is 82.5 Å². The van der Waals surface area contributed by atoms with E-state index >= 15 is 0 Å². The van der Waals surface area contributed by atoms with Crippen LogP contribution in [0.15, 0.2) is 12.3 Å². The summed E-state index contributed by atoms with van der Waals surface area (Å²) in [7, 11) is 0. The minimum atomic E-state index is -1.10.